The van der Waals surface area contributed by atoms with Crippen molar-refractivity contribution >= 4 is 29.3 Å². The number of carbonyl (C=O) groups excluding carboxylic acids is 3. The third-order valence-corrected chi connectivity index (χ3v) is 3.11. The first kappa shape index (κ1) is 15.0. The van der Waals surface area contributed by atoms with Crippen LogP contribution in [-0.4, -0.2) is 45.5 Å². The lowest BCUT2D eigenvalue weighted by Gasteiger charge is -2.22. The Kier molecular flexibility index (Phi) is 4.15. The molecule has 0 aliphatic heterocycles. The van der Waals surface area contributed by atoms with Crippen molar-refractivity contribution in [2.24, 2.45) is 11.1 Å². The summed E-state index contributed by atoms with van der Waals surface area (Å²) in [5, 5.41) is 17.5. The summed E-state index contributed by atoms with van der Waals surface area (Å²) in [5.74, 6) is -6.25. The number of aliphatic carboxylic acids is 2. The van der Waals surface area contributed by atoms with Crippen molar-refractivity contribution < 1.29 is 34.2 Å². The van der Waals surface area contributed by atoms with Gasteiger partial charge in [0.2, 0.25) is 5.41 Å². The molecule has 1 aliphatic carbocycles. The molecule has 1 rings (SSSR count). The third kappa shape index (κ3) is 2.39. The minimum absolute atomic E-state index is 0.317. The van der Waals surface area contributed by atoms with Crippen LogP contribution in [0.4, 0.5) is 0 Å². The predicted octanol–water partition coefficient (Wildman–Crippen LogP) is -1.25. The molecule has 1 fully saturated rings. The molecule has 0 spiro atoms. The average Bonchev–Trinajstić information content (AvgIpc) is 2.62. The van der Waals surface area contributed by atoms with E-state index in [-0.39, 0.29) is 19.3 Å². The first-order valence-electron chi connectivity index (χ1n) is 5.56. The second-order valence-corrected chi connectivity index (χ2v) is 4.30. The van der Waals surface area contributed by atoms with Gasteiger partial charge in [0.05, 0.1) is 6.04 Å². The van der Waals surface area contributed by atoms with Gasteiger partial charge in [0.1, 0.15) is 0 Å². The van der Waals surface area contributed by atoms with Gasteiger partial charge in [0.15, 0.2) is 17.3 Å². The number of Topliss-reactive ketones (excluding diaryl/α,β-unsaturated/α-hetero) is 3. The van der Waals surface area contributed by atoms with Gasteiger partial charge in [-0.1, -0.05) is 0 Å². The molecule has 104 valence electrons. The van der Waals surface area contributed by atoms with E-state index in [2.05, 4.69) is 0 Å². The van der Waals surface area contributed by atoms with Gasteiger partial charge in [-0.2, -0.15) is 0 Å². The lowest BCUT2D eigenvalue weighted by molar-refractivity contribution is -0.161. The van der Waals surface area contributed by atoms with Crippen molar-refractivity contribution in [2.45, 2.75) is 31.7 Å². The minimum Gasteiger partial charge on any atom is -0.481 e. The highest BCUT2D eigenvalue weighted by atomic mass is 16.4. The highest BCUT2D eigenvalue weighted by Crippen LogP contribution is 2.34. The van der Waals surface area contributed by atoms with E-state index in [9.17, 15) is 24.0 Å². The van der Waals surface area contributed by atoms with Crippen molar-refractivity contribution in [1.82, 2.24) is 0 Å². The largest absolute Gasteiger partial charge is 0.481 e. The summed E-state index contributed by atoms with van der Waals surface area (Å²) in [6.45, 7) is 0. The van der Waals surface area contributed by atoms with E-state index in [4.69, 9.17) is 15.9 Å². The fourth-order valence-corrected chi connectivity index (χ4v) is 2.06. The Balaban J connectivity index is 3.04. The molecular formula is C11H13NO7. The quantitative estimate of drug-likeness (QED) is 0.506. The van der Waals surface area contributed by atoms with Gasteiger partial charge in [-0.05, 0) is 6.42 Å². The van der Waals surface area contributed by atoms with Crippen molar-refractivity contribution in [1.29, 1.82) is 0 Å². The maximum absolute atomic E-state index is 12.0. The van der Waals surface area contributed by atoms with Gasteiger partial charge in [-0.25, -0.2) is 0 Å². The van der Waals surface area contributed by atoms with Crippen molar-refractivity contribution in [2.75, 3.05) is 0 Å². The maximum Gasteiger partial charge on any atom is 0.332 e. The molecule has 1 unspecified atom stereocenters. The topological polar surface area (TPSA) is 152 Å². The van der Waals surface area contributed by atoms with Crippen LogP contribution in [0.3, 0.4) is 0 Å². The molecule has 0 aromatic heterocycles. The number of hydrogen-bond donors (Lipinski definition) is 3. The average molecular weight is 271 g/mol. The molecule has 4 N–H and O–H groups in total. The molecule has 1 atom stereocenters. The summed E-state index contributed by atoms with van der Waals surface area (Å²) in [5.41, 5.74) is 2.67. The molecule has 0 bridgehead atoms. The minimum atomic E-state index is -2.74. The number of hydrogen-bond acceptors (Lipinski definition) is 6. The first-order valence-corrected chi connectivity index (χ1v) is 5.56. The van der Waals surface area contributed by atoms with Gasteiger partial charge < -0.3 is 15.9 Å². The predicted molar refractivity (Wildman–Crippen MR) is 59.2 cm³/mol. The molecule has 19 heavy (non-hydrogen) atoms. The van der Waals surface area contributed by atoms with E-state index >= 15 is 0 Å². The van der Waals surface area contributed by atoms with E-state index in [0.717, 1.165) is 0 Å². The van der Waals surface area contributed by atoms with Crippen LogP contribution >= 0.6 is 0 Å². The number of ketones is 3. The highest BCUT2D eigenvalue weighted by Gasteiger charge is 2.62. The second kappa shape index (κ2) is 5.27. The Morgan fingerprint density at radius 2 is 1.63 bits per heavy atom. The fourth-order valence-electron chi connectivity index (χ4n) is 2.06. The molecule has 1 aliphatic rings. The molecule has 0 aromatic carbocycles. The number of carboxylic acids is 2. The Hall–Kier alpha value is -2.09. The SMILES string of the molecule is NC(CCC(=O)O)C(=O)C1(C(=O)O)C(=O)CCC1=O. The Morgan fingerprint density at radius 1 is 1.16 bits per heavy atom. The molecule has 0 aromatic rings. The standard InChI is InChI=1S/C11H13NO7/c12-5(1-4-8(15)16)9(17)11(10(18)19)6(13)2-3-7(11)14/h5H,1-4,12H2,(H,15,16)(H,18,19). The Labute approximate surface area is 107 Å². The number of nitrogens with two attached hydrogens (primary N) is 1. The van der Waals surface area contributed by atoms with E-state index in [1.54, 1.807) is 0 Å². The molecule has 8 heteroatoms. The van der Waals surface area contributed by atoms with Crippen LogP contribution in [0.1, 0.15) is 25.7 Å². The van der Waals surface area contributed by atoms with Crippen LogP contribution in [0.5, 0.6) is 0 Å². The second-order valence-electron chi connectivity index (χ2n) is 4.30. The number of rotatable bonds is 6. The van der Waals surface area contributed by atoms with Crippen LogP contribution in [0.25, 0.3) is 0 Å². The molecule has 0 amide bonds. The lowest BCUT2D eigenvalue weighted by atomic mass is 9.76. The smallest absolute Gasteiger partial charge is 0.332 e. The first-order chi connectivity index (χ1) is 8.74. The zero-order valence-electron chi connectivity index (χ0n) is 9.92. The zero-order valence-corrected chi connectivity index (χ0v) is 9.92. The Morgan fingerprint density at radius 3 is 2.00 bits per heavy atom. The molecular weight excluding hydrogens is 258 g/mol. The van der Waals surface area contributed by atoms with Gasteiger partial charge in [-0.3, -0.25) is 24.0 Å². The van der Waals surface area contributed by atoms with Crippen LogP contribution in [-0.2, 0) is 24.0 Å². The number of carbonyl (C=O) groups is 5. The summed E-state index contributed by atoms with van der Waals surface area (Å²) in [4.78, 5) is 56.8. The lowest BCUT2D eigenvalue weighted by Crippen LogP contribution is -2.54. The van der Waals surface area contributed by atoms with E-state index < -0.39 is 47.2 Å². The van der Waals surface area contributed by atoms with Crippen LogP contribution in [0, 0.1) is 5.41 Å². The van der Waals surface area contributed by atoms with Crippen molar-refractivity contribution in [3.05, 3.63) is 0 Å². The van der Waals surface area contributed by atoms with E-state index in [0.29, 0.717) is 0 Å². The summed E-state index contributed by atoms with van der Waals surface area (Å²) in [6.07, 6.45) is -1.42. The van der Waals surface area contributed by atoms with Gasteiger partial charge in [-0.15, -0.1) is 0 Å². The molecule has 8 nitrogen and oxygen atoms in total. The summed E-state index contributed by atoms with van der Waals surface area (Å²) in [7, 11) is 0. The normalized spacial score (nSPS) is 19.2. The maximum atomic E-state index is 12.0. The molecule has 0 saturated heterocycles. The fraction of sp³-hybridized carbons (Fsp3) is 0.545. The van der Waals surface area contributed by atoms with E-state index in [1.165, 1.54) is 0 Å². The van der Waals surface area contributed by atoms with Gasteiger partial charge in [0, 0.05) is 19.3 Å². The van der Waals surface area contributed by atoms with Crippen LogP contribution < -0.4 is 5.73 Å². The molecule has 1 saturated carbocycles. The number of carboxylic acid groups (broad SMARTS) is 2. The van der Waals surface area contributed by atoms with Crippen LogP contribution in [0.2, 0.25) is 0 Å². The van der Waals surface area contributed by atoms with Crippen LogP contribution in [0.15, 0.2) is 0 Å². The molecule has 0 heterocycles. The van der Waals surface area contributed by atoms with Gasteiger partial charge >= 0.3 is 11.9 Å². The zero-order chi connectivity index (χ0) is 14.8. The highest BCUT2D eigenvalue weighted by molar-refractivity contribution is 6.40. The van der Waals surface area contributed by atoms with E-state index in [1.807, 2.05) is 0 Å². The summed E-state index contributed by atoms with van der Waals surface area (Å²) < 4.78 is 0. The summed E-state index contributed by atoms with van der Waals surface area (Å²) >= 11 is 0. The monoisotopic (exact) mass is 271 g/mol. The van der Waals surface area contributed by atoms with Crippen molar-refractivity contribution in [3.63, 3.8) is 0 Å². The summed E-state index contributed by atoms with van der Waals surface area (Å²) in [6, 6.07) is -1.47. The van der Waals surface area contributed by atoms with Gasteiger partial charge in [0.25, 0.3) is 0 Å². The third-order valence-electron chi connectivity index (χ3n) is 3.11. The Bertz CT molecular complexity index is 452. The molecule has 0 radical (unpaired) electrons. The van der Waals surface area contributed by atoms with Crippen molar-refractivity contribution in [3.8, 4) is 0 Å².